The lowest BCUT2D eigenvalue weighted by Crippen LogP contribution is -2.15. The average molecular weight is 260 g/mol. The maximum absolute atomic E-state index is 13.7. The van der Waals surface area contributed by atoms with E-state index in [0.717, 1.165) is 17.5 Å². The van der Waals surface area contributed by atoms with Crippen LogP contribution in [0.15, 0.2) is 42.7 Å². The van der Waals surface area contributed by atoms with Crippen molar-refractivity contribution in [1.29, 1.82) is 0 Å². The summed E-state index contributed by atoms with van der Waals surface area (Å²) in [5.41, 5.74) is 7.83. The first-order chi connectivity index (χ1) is 9.24. The Hall–Kier alpha value is -1.94. The molecule has 0 fully saturated rings. The molecule has 1 atom stereocenters. The van der Waals surface area contributed by atoms with Crippen molar-refractivity contribution in [1.82, 2.24) is 4.98 Å². The molecule has 0 amide bonds. The van der Waals surface area contributed by atoms with Crippen LogP contribution in [-0.4, -0.2) is 18.6 Å². The third-order valence-corrected chi connectivity index (χ3v) is 3.16. The second-order valence-electron chi connectivity index (χ2n) is 4.39. The topological polar surface area (TPSA) is 48.1 Å². The van der Waals surface area contributed by atoms with Crippen LogP contribution in [0.4, 0.5) is 4.39 Å². The molecule has 0 spiro atoms. The number of nitrogens with two attached hydrogens (primary N) is 1. The van der Waals surface area contributed by atoms with Crippen LogP contribution >= 0.6 is 0 Å². The maximum atomic E-state index is 13.7. The van der Waals surface area contributed by atoms with Crippen molar-refractivity contribution in [2.24, 2.45) is 5.73 Å². The van der Waals surface area contributed by atoms with Gasteiger partial charge < -0.3 is 10.5 Å². The average Bonchev–Trinajstić information content (AvgIpc) is 2.46. The van der Waals surface area contributed by atoms with E-state index in [9.17, 15) is 4.39 Å². The van der Waals surface area contributed by atoms with E-state index >= 15 is 0 Å². The molecule has 0 aliphatic heterocycles. The summed E-state index contributed by atoms with van der Waals surface area (Å²) in [5, 5.41) is 0. The third-order valence-electron chi connectivity index (χ3n) is 3.16. The molecule has 1 aromatic carbocycles. The monoisotopic (exact) mass is 260 g/mol. The number of nitrogens with zero attached hydrogens (tertiary/aromatic N) is 1. The van der Waals surface area contributed by atoms with Gasteiger partial charge in [-0.05, 0) is 48.4 Å². The van der Waals surface area contributed by atoms with Crippen molar-refractivity contribution < 1.29 is 9.13 Å². The van der Waals surface area contributed by atoms with E-state index in [1.165, 1.54) is 13.2 Å². The van der Waals surface area contributed by atoms with E-state index in [2.05, 4.69) is 4.98 Å². The minimum Gasteiger partial charge on any atom is -0.494 e. The zero-order valence-electron chi connectivity index (χ0n) is 10.8. The highest BCUT2D eigenvalue weighted by Gasteiger charge is 2.13. The SMILES string of the molecule is COc1ccc(C(CN)Cc2ccncc2)cc1F. The molecule has 4 heteroatoms. The van der Waals surface area contributed by atoms with Gasteiger partial charge in [0.2, 0.25) is 0 Å². The van der Waals surface area contributed by atoms with E-state index in [-0.39, 0.29) is 17.5 Å². The van der Waals surface area contributed by atoms with Gasteiger partial charge >= 0.3 is 0 Å². The second-order valence-corrected chi connectivity index (χ2v) is 4.39. The van der Waals surface area contributed by atoms with Gasteiger partial charge in [-0.25, -0.2) is 4.39 Å². The van der Waals surface area contributed by atoms with Crippen molar-refractivity contribution in [3.05, 3.63) is 59.7 Å². The fraction of sp³-hybridized carbons (Fsp3) is 0.267. The zero-order valence-corrected chi connectivity index (χ0v) is 10.8. The van der Waals surface area contributed by atoms with Crippen LogP contribution in [-0.2, 0) is 6.42 Å². The zero-order chi connectivity index (χ0) is 13.7. The molecular formula is C15H17FN2O. The van der Waals surface area contributed by atoms with Crippen LogP contribution in [0.25, 0.3) is 0 Å². The van der Waals surface area contributed by atoms with Crippen LogP contribution in [0.5, 0.6) is 5.75 Å². The molecule has 1 heterocycles. The van der Waals surface area contributed by atoms with Crippen molar-refractivity contribution in [3.8, 4) is 5.75 Å². The molecule has 0 radical (unpaired) electrons. The van der Waals surface area contributed by atoms with Crippen LogP contribution in [0.2, 0.25) is 0 Å². The number of hydrogen-bond donors (Lipinski definition) is 1. The van der Waals surface area contributed by atoms with Crippen LogP contribution in [0.3, 0.4) is 0 Å². The van der Waals surface area contributed by atoms with Crippen molar-refractivity contribution in [2.75, 3.05) is 13.7 Å². The summed E-state index contributed by atoms with van der Waals surface area (Å²) in [6.07, 6.45) is 4.26. The molecule has 2 rings (SSSR count). The minimum absolute atomic E-state index is 0.0859. The number of benzene rings is 1. The first-order valence-electron chi connectivity index (χ1n) is 6.17. The summed E-state index contributed by atoms with van der Waals surface area (Å²) in [7, 11) is 1.45. The molecule has 0 bridgehead atoms. The van der Waals surface area contributed by atoms with Gasteiger partial charge in [-0.1, -0.05) is 6.07 Å². The highest BCUT2D eigenvalue weighted by Crippen LogP contribution is 2.25. The molecule has 100 valence electrons. The Bertz CT molecular complexity index is 531. The van der Waals surface area contributed by atoms with E-state index in [1.807, 2.05) is 18.2 Å². The standard InChI is InChI=1S/C15H17FN2O/c1-19-15-3-2-12(9-14(15)16)13(10-17)8-11-4-6-18-7-5-11/h2-7,9,13H,8,10,17H2,1H3. The largest absolute Gasteiger partial charge is 0.494 e. The lowest BCUT2D eigenvalue weighted by atomic mass is 9.92. The smallest absolute Gasteiger partial charge is 0.165 e. The van der Waals surface area contributed by atoms with Gasteiger partial charge in [0, 0.05) is 18.3 Å². The van der Waals surface area contributed by atoms with Crippen LogP contribution in [0.1, 0.15) is 17.0 Å². The number of methoxy groups -OCH3 is 1. The van der Waals surface area contributed by atoms with E-state index in [0.29, 0.717) is 6.54 Å². The number of halogens is 1. The highest BCUT2D eigenvalue weighted by molar-refractivity contribution is 5.32. The predicted molar refractivity (Wildman–Crippen MR) is 72.7 cm³/mol. The molecule has 2 N–H and O–H groups in total. The van der Waals surface area contributed by atoms with Gasteiger partial charge in [0.15, 0.2) is 11.6 Å². The third kappa shape index (κ3) is 3.29. The number of aromatic nitrogens is 1. The normalized spacial score (nSPS) is 12.2. The summed E-state index contributed by atoms with van der Waals surface area (Å²) in [6, 6.07) is 8.89. The Labute approximate surface area is 112 Å². The Morgan fingerprint density at radius 2 is 2.00 bits per heavy atom. The molecule has 0 saturated carbocycles. The van der Waals surface area contributed by atoms with Crippen molar-refractivity contribution in [3.63, 3.8) is 0 Å². The van der Waals surface area contributed by atoms with Gasteiger partial charge in [-0.2, -0.15) is 0 Å². The van der Waals surface area contributed by atoms with Crippen molar-refractivity contribution in [2.45, 2.75) is 12.3 Å². The van der Waals surface area contributed by atoms with E-state index in [1.54, 1.807) is 18.5 Å². The second kappa shape index (κ2) is 6.29. The van der Waals surface area contributed by atoms with Gasteiger partial charge in [0.05, 0.1) is 7.11 Å². The van der Waals surface area contributed by atoms with E-state index < -0.39 is 0 Å². The first kappa shape index (κ1) is 13.5. The summed E-state index contributed by atoms with van der Waals surface area (Å²) >= 11 is 0. The Morgan fingerprint density at radius 3 is 2.58 bits per heavy atom. The number of pyridine rings is 1. The van der Waals surface area contributed by atoms with Gasteiger partial charge in [-0.3, -0.25) is 4.98 Å². The molecule has 1 aromatic heterocycles. The first-order valence-corrected chi connectivity index (χ1v) is 6.17. The molecule has 0 aliphatic carbocycles. The lowest BCUT2D eigenvalue weighted by Gasteiger charge is -2.16. The fourth-order valence-corrected chi connectivity index (χ4v) is 2.08. The summed E-state index contributed by atoms with van der Waals surface area (Å²) in [5.74, 6) is -0.0144. The van der Waals surface area contributed by atoms with Gasteiger partial charge in [0.1, 0.15) is 0 Å². The lowest BCUT2D eigenvalue weighted by molar-refractivity contribution is 0.386. The summed E-state index contributed by atoms with van der Waals surface area (Å²) in [4.78, 5) is 3.98. The van der Waals surface area contributed by atoms with Crippen molar-refractivity contribution >= 4 is 0 Å². The van der Waals surface area contributed by atoms with Crippen LogP contribution < -0.4 is 10.5 Å². The molecule has 1 unspecified atom stereocenters. The van der Waals surface area contributed by atoms with Gasteiger partial charge in [-0.15, -0.1) is 0 Å². The predicted octanol–water partition coefficient (Wildman–Crippen LogP) is 2.51. The minimum atomic E-state index is -0.354. The molecular weight excluding hydrogens is 243 g/mol. The van der Waals surface area contributed by atoms with Gasteiger partial charge in [0.25, 0.3) is 0 Å². The number of hydrogen-bond acceptors (Lipinski definition) is 3. The molecule has 19 heavy (non-hydrogen) atoms. The fourth-order valence-electron chi connectivity index (χ4n) is 2.08. The van der Waals surface area contributed by atoms with E-state index in [4.69, 9.17) is 10.5 Å². The maximum Gasteiger partial charge on any atom is 0.165 e. The number of ether oxygens (including phenoxy) is 1. The molecule has 0 saturated heterocycles. The Morgan fingerprint density at radius 1 is 1.26 bits per heavy atom. The molecule has 3 nitrogen and oxygen atoms in total. The highest BCUT2D eigenvalue weighted by atomic mass is 19.1. The quantitative estimate of drug-likeness (QED) is 0.898. The van der Waals surface area contributed by atoms with Crippen LogP contribution in [0, 0.1) is 5.82 Å². The molecule has 2 aromatic rings. The summed E-state index contributed by atoms with van der Waals surface area (Å²) < 4.78 is 18.6. The Balaban J connectivity index is 2.20. The molecule has 0 aliphatic rings. The summed E-state index contributed by atoms with van der Waals surface area (Å²) in [6.45, 7) is 0.466. The number of rotatable bonds is 5. The Kier molecular flexibility index (Phi) is 4.47.